The van der Waals surface area contributed by atoms with Gasteiger partial charge in [-0.1, -0.05) is 18.2 Å². The molecule has 4 rings (SSSR count). The maximum absolute atomic E-state index is 14.1. The molecule has 0 aliphatic heterocycles. The van der Waals surface area contributed by atoms with E-state index in [4.69, 9.17) is 15.6 Å². The van der Waals surface area contributed by atoms with E-state index in [2.05, 4.69) is 15.4 Å². The number of nitrogens with zero attached hydrogens (tertiary/aromatic N) is 3. The summed E-state index contributed by atoms with van der Waals surface area (Å²) in [5.41, 5.74) is 10.5. The summed E-state index contributed by atoms with van der Waals surface area (Å²) >= 11 is 0. The summed E-state index contributed by atoms with van der Waals surface area (Å²) in [5.74, 6) is -2.32. The number of aliphatic hydroxyl groups excluding tert-OH is 1. The number of anilines is 1. The van der Waals surface area contributed by atoms with Crippen molar-refractivity contribution in [1.29, 1.82) is 0 Å². The second-order valence-electron chi connectivity index (χ2n) is 7.28. The quantitative estimate of drug-likeness (QED) is 0.359. The standard InChI is InChI=1S/C23H23F2N5O2/c1-14-10-15(6-7-16(14)12-26)19-13-28-23-18(27-8-3-9-31)11-21(29-30(19)23)32-20-5-2-4-17(24)22(20)25/h2,4-7,10-11,13,27,31H,3,8-9,12,26H2,1H3. The van der Waals surface area contributed by atoms with Crippen LogP contribution in [0.2, 0.25) is 0 Å². The van der Waals surface area contributed by atoms with Crippen LogP contribution in [-0.4, -0.2) is 32.9 Å². The fourth-order valence-electron chi connectivity index (χ4n) is 3.38. The summed E-state index contributed by atoms with van der Waals surface area (Å²) in [6, 6.07) is 11.1. The second-order valence-corrected chi connectivity index (χ2v) is 7.28. The van der Waals surface area contributed by atoms with Gasteiger partial charge in [0.1, 0.15) is 0 Å². The minimum Gasteiger partial charge on any atom is -0.434 e. The van der Waals surface area contributed by atoms with Crippen LogP contribution in [0.25, 0.3) is 16.9 Å². The number of aromatic nitrogens is 3. The number of nitrogens with two attached hydrogens (primary N) is 1. The van der Waals surface area contributed by atoms with Crippen molar-refractivity contribution in [1.82, 2.24) is 14.6 Å². The predicted molar refractivity (Wildman–Crippen MR) is 118 cm³/mol. The van der Waals surface area contributed by atoms with Crippen molar-refractivity contribution in [3.8, 4) is 22.9 Å². The van der Waals surface area contributed by atoms with E-state index in [9.17, 15) is 8.78 Å². The van der Waals surface area contributed by atoms with Crippen molar-refractivity contribution >= 4 is 11.3 Å². The molecule has 0 unspecified atom stereocenters. The number of hydrogen-bond acceptors (Lipinski definition) is 6. The molecule has 0 atom stereocenters. The van der Waals surface area contributed by atoms with Gasteiger partial charge < -0.3 is 20.9 Å². The Balaban J connectivity index is 1.81. The van der Waals surface area contributed by atoms with Gasteiger partial charge in [0.2, 0.25) is 11.7 Å². The molecule has 166 valence electrons. The molecule has 32 heavy (non-hydrogen) atoms. The molecule has 0 aliphatic rings. The lowest BCUT2D eigenvalue weighted by atomic mass is 10.0. The zero-order valence-corrected chi connectivity index (χ0v) is 17.5. The average molecular weight is 439 g/mol. The summed E-state index contributed by atoms with van der Waals surface area (Å²) in [5, 5.41) is 16.8. The Labute approximate surface area is 183 Å². The number of rotatable bonds is 8. The van der Waals surface area contributed by atoms with Crippen LogP contribution < -0.4 is 15.8 Å². The van der Waals surface area contributed by atoms with Gasteiger partial charge in [-0.2, -0.15) is 4.39 Å². The van der Waals surface area contributed by atoms with Crippen LogP contribution >= 0.6 is 0 Å². The van der Waals surface area contributed by atoms with Gasteiger partial charge in [-0.05, 0) is 42.7 Å². The lowest BCUT2D eigenvalue weighted by Gasteiger charge is -2.12. The Morgan fingerprint density at radius 1 is 1.19 bits per heavy atom. The molecular formula is C23H23F2N5O2. The van der Waals surface area contributed by atoms with E-state index in [0.717, 1.165) is 22.8 Å². The molecule has 4 aromatic rings. The highest BCUT2D eigenvalue weighted by molar-refractivity contribution is 5.74. The van der Waals surface area contributed by atoms with E-state index < -0.39 is 11.6 Å². The Kier molecular flexibility index (Phi) is 6.29. The van der Waals surface area contributed by atoms with Gasteiger partial charge in [0.25, 0.3) is 0 Å². The van der Waals surface area contributed by atoms with Crippen LogP contribution in [0.15, 0.2) is 48.7 Å². The first-order valence-corrected chi connectivity index (χ1v) is 10.2. The fourth-order valence-corrected chi connectivity index (χ4v) is 3.38. The number of ether oxygens (including phenoxy) is 1. The number of hydrogen-bond donors (Lipinski definition) is 3. The van der Waals surface area contributed by atoms with Gasteiger partial charge in [0.15, 0.2) is 17.2 Å². The minimum absolute atomic E-state index is 0.0265. The summed E-state index contributed by atoms with van der Waals surface area (Å²) in [7, 11) is 0. The van der Waals surface area contributed by atoms with Gasteiger partial charge in [0, 0.05) is 31.3 Å². The van der Waals surface area contributed by atoms with Gasteiger partial charge in [-0.25, -0.2) is 13.9 Å². The summed E-state index contributed by atoms with van der Waals surface area (Å²) in [4.78, 5) is 4.49. The van der Waals surface area contributed by atoms with Crippen molar-refractivity contribution in [2.24, 2.45) is 5.73 Å². The molecule has 9 heteroatoms. The Bertz CT molecular complexity index is 1260. The lowest BCUT2D eigenvalue weighted by Crippen LogP contribution is -2.07. The van der Waals surface area contributed by atoms with Gasteiger partial charge in [0.05, 0.1) is 17.6 Å². The van der Waals surface area contributed by atoms with E-state index >= 15 is 0 Å². The SMILES string of the molecule is Cc1cc(-c2cnc3c(NCCCO)cc(Oc4cccc(F)c4F)nn23)ccc1CN. The van der Waals surface area contributed by atoms with Crippen molar-refractivity contribution in [3.05, 3.63) is 71.4 Å². The second kappa shape index (κ2) is 9.29. The zero-order chi connectivity index (χ0) is 22.7. The third kappa shape index (κ3) is 4.25. The largest absolute Gasteiger partial charge is 0.434 e. The van der Waals surface area contributed by atoms with E-state index in [1.54, 1.807) is 16.8 Å². The number of halogens is 2. The van der Waals surface area contributed by atoms with Crippen LogP contribution in [0.4, 0.5) is 14.5 Å². The van der Waals surface area contributed by atoms with Crippen LogP contribution in [0.1, 0.15) is 17.5 Å². The molecule has 0 aliphatic carbocycles. The zero-order valence-electron chi connectivity index (χ0n) is 17.5. The average Bonchev–Trinajstić information content (AvgIpc) is 3.21. The van der Waals surface area contributed by atoms with E-state index in [-0.39, 0.29) is 18.2 Å². The Morgan fingerprint density at radius 3 is 2.78 bits per heavy atom. The molecule has 0 radical (unpaired) electrons. The molecule has 0 amide bonds. The molecule has 2 heterocycles. The van der Waals surface area contributed by atoms with Crippen LogP contribution in [-0.2, 0) is 6.54 Å². The normalized spacial score (nSPS) is 11.2. The first-order valence-electron chi connectivity index (χ1n) is 10.2. The molecule has 0 bridgehead atoms. The number of benzene rings is 2. The smallest absolute Gasteiger partial charge is 0.239 e. The minimum atomic E-state index is -1.09. The highest BCUT2D eigenvalue weighted by Gasteiger charge is 2.16. The monoisotopic (exact) mass is 439 g/mol. The molecule has 2 aromatic heterocycles. The Morgan fingerprint density at radius 2 is 2.03 bits per heavy atom. The third-order valence-corrected chi connectivity index (χ3v) is 5.08. The molecule has 0 spiro atoms. The number of nitrogens with one attached hydrogen (secondary N) is 1. The number of imidazole rings is 1. The maximum atomic E-state index is 14.1. The predicted octanol–water partition coefficient (Wildman–Crippen LogP) is 4.03. The van der Waals surface area contributed by atoms with Crippen molar-refractivity contribution in [2.45, 2.75) is 19.9 Å². The maximum Gasteiger partial charge on any atom is 0.239 e. The number of aryl methyl sites for hydroxylation is 1. The third-order valence-electron chi connectivity index (χ3n) is 5.08. The molecule has 7 nitrogen and oxygen atoms in total. The molecule has 0 fully saturated rings. The molecular weight excluding hydrogens is 416 g/mol. The molecule has 2 aromatic carbocycles. The van der Waals surface area contributed by atoms with Crippen molar-refractivity contribution in [3.63, 3.8) is 0 Å². The van der Waals surface area contributed by atoms with Crippen LogP contribution in [0.5, 0.6) is 11.6 Å². The summed E-state index contributed by atoms with van der Waals surface area (Å²) in [6.07, 6.45) is 2.21. The highest BCUT2D eigenvalue weighted by Crippen LogP contribution is 2.31. The van der Waals surface area contributed by atoms with Gasteiger partial charge in [-0.3, -0.25) is 0 Å². The number of fused-ring (bicyclic) bond motifs is 1. The molecule has 0 saturated carbocycles. The fraction of sp³-hybridized carbons (Fsp3) is 0.217. The van der Waals surface area contributed by atoms with E-state index in [1.807, 2.05) is 25.1 Å². The topological polar surface area (TPSA) is 97.7 Å². The van der Waals surface area contributed by atoms with E-state index in [1.165, 1.54) is 12.1 Å². The summed E-state index contributed by atoms with van der Waals surface area (Å²) in [6.45, 7) is 2.92. The highest BCUT2D eigenvalue weighted by atomic mass is 19.2. The van der Waals surface area contributed by atoms with Crippen LogP contribution in [0.3, 0.4) is 0 Å². The van der Waals surface area contributed by atoms with Crippen molar-refractivity contribution < 1.29 is 18.6 Å². The first kappa shape index (κ1) is 21.7. The number of aliphatic hydroxyl groups is 1. The lowest BCUT2D eigenvalue weighted by molar-refractivity contribution is 0.292. The molecule has 4 N–H and O–H groups in total. The Hall–Kier alpha value is -3.56. The van der Waals surface area contributed by atoms with Gasteiger partial charge in [-0.15, -0.1) is 5.10 Å². The first-order chi connectivity index (χ1) is 15.5. The molecule has 0 saturated heterocycles. The van der Waals surface area contributed by atoms with Gasteiger partial charge >= 0.3 is 0 Å². The summed E-state index contributed by atoms with van der Waals surface area (Å²) < 4.78 is 34.9. The van der Waals surface area contributed by atoms with Crippen LogP contribution in [0, 0.1) is 18.6 Å². The van der Waals surface area contributed by atoms with E-state index in [0.29, 0.717) is 36.5 Å². The van der Waals surface area contributed by atoms with Crippen molar-refractivity contribution in [2.75, 3.05) is 18.5 Å².